The molecule has 0 aliphatic rings. The van der Waals surface area contributed by atoms with E-state index in [1.807, 2.05) is 0 Å². The largest absolute Gasteiger partial charge is 0.496 e. The molecule has 0 radical (unpaired) electrons. The number of hydrogen-bond acceptors (Lipinski definition) is 2. The normalized spacial score (nSPS) is 11.7. The molecule has 13 heavy (non-hydrogen) atoms. The van der Waals surface area contributed by atoms with Crippen molar-refractivity contribution in [1.82, 2.24) is 0 Å². The predicted octanol–water partition coefficient (Wildman–Crippen LogP) is 3.83. The molecule has 1 heterocycles. The second kappa shape index (κ2) is 4.14. The van der Waals surface area contributed by atoms with Gasteiger partial charge in [0.1, 0.15) is 5.75 Å². The molecule has 0 amide bonds. The van der Waals surface area contributed by atoms with Crippen LogP contribution < -0.4 is 4.74 Å². The van der Waals surface area contributed by atoms with Crippen molar-refractivity contribution in [2.75, 3.05) is 7.11 Å². The van der Waals surface area contributed by atoms with Crippen LogP contribution in [0.25, 0.3) is 0 Å². The van der Waals surface area contributed by atoms with Crippen LogP contribution >= 0.6 is 11.3 Å². The van der Waals surface area contributed by atoms with Crippen molar-refractivity contribution in [2.45, 2.75) is 39.0 Å². The Hall–Kier alpha value is -0.500. The molecule has 74 valence electrons. The molecule has 0 aromatic carbocycles. The minimum absolute atomic E-state index is 0.302. The molecule has 0 saturated heterocycles. The summed E-state index contributed by atoms with van der Waals surface area (Å²) in [5.74, 6) is 0.990. The predicted molar refractivity (Wildman–Crippen MR) is 58.8 cm³/mol. The molecule has 1 aromatic rings. The Kier molecular flexibility index (Phi) is 3.37. The average Bonchev–Trinajstić information content (AvgIpc) is 2.52. The van der Waals surface area contributed by atoms with E-state index in [-0.39, 0.29) is 0 Å². The zero-order valence-electron chi connectivity index (χ0n) is 8.89. The van der Waals surface area contributed by atoms with Gasteiger partial charge in [-0.2, -0.15) is 0 Å². The van der Waals surface area contributed by atoms with E-state index in [1.54, 1.807) is 18.4 Å². The molecular formula is C11H18OS. The van der Waals surface area contributed by atoms with Gasteiger partial charge in [-0.3, -0.25) is 0 Å². The summed E-state index contributed by atoms with van der Waals surface area (Å²) in [4.78, 5) is 1.42. The summed E-state index contributed by atoms with van der Waals surface area (Å²) >= 11 is 1.80. The summed E-state index contributed by atoms with van der Waals surface area (Å²) in [5, 5.41) is 2.08. The molecule has 0 saturated carbocycles. The van der Waals surface area contributed by atoms with Gasteiger partial charge < -0.3 is 4.74 Å². The van der Waals surface area contributed by atoms with E-state index in [2.05, 4.69) is 32.2 Å². The fourth-order valence-corrected chi connectivity index (χ4v) is 2.54. The standard InChI is InChI=1S/C11H18OS/c1-5-6-11(2,3)10-7-9(12-4)8-13-10/h7-8H,5-6H2,1-4H3. The quantitative estimate of drug-likeness (QED) is 0.714. The summed E-state index contributed by atoms with van der Waals surface area (Å²) in [5.41, 5.74) is 0.302. The zero-order chi connectivity index (χ0) is 9.90. The first-order valence-electron chi connectivity index (χ1n) is 4.73. The number of ether oxygens (including phenoxy) is 1. The lowest BCUT2D eigenvalue weighted by Gasteiger charge is -2.21. The van der Waals surface area contributed by atoms with E-state index in [0.717, 1.165) is 5.75 Å². The van der Waals surface area contributed by atoms with Crippen molar-refractivity contribution >= 4 is 11.3 Å². The van der Waals surface area contributed by atoms with Crippen molar-refractivity contribution < 1.29 is 4.74 Å². The lowest BCUT2D eigenvalue weighted by molar-refractivity contribution is 0.414. The van der Waals surface area contributed by atoms with Gasteiger partial charge in [0.25, 0.3) is 0 Å². The van der Waals surface area contributed by atoms with Gasteiger partial charge in [0.15, 0.2) is 0 Å². The Bertz CT molecular complexity index is 263. The molecule has 0 aliphatic heterocycles. The molecular weight excluding hydrogens is 180 g/mol. The number of hydrogen-bond donors (Lipinski definition) is 0. The Morgan fingerprint density at radius 1 is 1.46 bits per heavy atom. The van der Waals surface area contributed by atoms with Gasteiger partial charge in [0, 0.05) is 10.3 Å². The van der Waals surface area contributed by atoms with Crippen LogP contribution in [0.3, 0.4) is 0 Å². The van der Waals surface area contributed by atoms with Gasteiger partial charge in [-0.05, 0) is 17.9 Å². The van der Waals surface area contributed by atoms with Gasteiger partial charge in [-0.25, -0.2) is 0 Å². The van der Waals surface area contributed by atoms with Crippen LogP contribution in [0.2, 0.25) is 0 Å². The molecule has 0 unspecified atom stereocenters. The van der Waals surface area contributed by atoms with E-state index in [0.29, 0.717) is 5.41 Å². The van der Waals surface area contributed by atoms with E-state index >= 15 is 0 Å². The second-order valence-corrected chi connectivity index (χ2v) is 4.90. The van der Waals surface area contributed by atoms with E-state index in [1.165, 1.54) is 17.7 Å². The van der Waals surface area contributed by atoms with Crippen molar-refractivity contribution in [2.24, 2.45) is 0 Å². The second-order valence-electron chi connectivity index (χ2n) is 3.98. The van der Waals surface area contributed by atoms with Crippen LogP contribution in [0.15, 0.2) is 11.4 Å². The summed E-state index contributed by atoms with van der Waals surface area (Å²) < 4.78 is 5.18. The lowest BCUT2D eigenvalue weighted by atomic mass is 9.86. The third kappa shape index (κ3) is 2.47. The molecule has 2 heteroatoms. The van der Waals surface area contributed by atoms with E-state index in [9.17, 15) is 0 Å². The molecule has 0 fully saturated rings. The van der Waals surface area contributed by atoms with Crippen molar-refractivity contribution in [1.29, 1.82) is 0 Å². The van der Waals surface area contributed by atoms with Crippen LogP contribution in [-0.4, -0.2) is 7.11 Å². The van der Waals surface area contributed by atoms with Gasteiger partial charge in [-0.1, -0.05) is 27.2 Å². The van der Waals surface area contributed by atoms with Gasteiger partial charge >= 0.3 is 0 Å². The van der Waals surface area contributed by atoms with Crippen LogP contribution in [0.5, 0.6) is 5.75 Å². The molecule has 0 bridgehead atoms. The van der Waals surface area contributed by atoms with E-state index in [4.69, 9.17) is 4.74 Å². The third-order valence-corrected chi connectivity index (χ3v) is 3.63. The minimum Gasteiger partial charge on any atom is -0.496 e. The van der Waals surface area contributed by atoms with E-state index < -0.39 is 0 Å². The van der Waals surface area contributed by atoms with Crippen LogP contribution in [0.1, 0.15) is 38.5 Å². The topological polar surface area (TPSA) is 9.23 Å². The van der Waals surface area contributed by atoms with Crippen molar-refractivity contribution in [3.05, 3.63) is 16.3 Å². The monoisotopic (exact) mass is 198 g/mol. The fraction of sp³-hybridized carbons (Fsp3) is 0.636. The average molecular weight is 198 g/mol. The third-order valence-electron chi connectivity index (χ3n) is 2.35. The SMILES string of the molecule is CCCC(C)(C)c1cc(OC)cs1. The lowest BCUT2D eigenvalue weighted by Crippen LogP contribution is -2.14. The van der Waals surface area contributed by atoms with Crippen LogP contribution in [0.4, 0.5) is 0 Å². The van der Waals surface area contributed by atoms with Crippen LogP contribution in [0, 0.1) is 0 Å². The van der Waals surface area contributed by atoms with Gasteiger partial charge in [0.05, 0.1) is 7.11 Å². The number of rotatable bonds is 4. The maximum atomic E-state index is 5.18. The Morgan fingerprint density at radius 2 is 2.15 bits per heavy atom. The number of thiophene rings is 1. The first kappa shape index (κ1) is 10.6. The van der Waals surface area contributed by atoms with Crippen molar-refractivity contribution in [3.8, 4) is 5.75 Å². The van der Waals surface area contributed by atoms with Crippen LogP contribution in [-0.2, 0) is 5.41 Å². The molecule has 1 aromatic heterocycles. The Balaban J connectivity index is 2.80. The first-order chi connectivity index (χ1) is 6.10. The van der Waals surface area contributed by atoms with Gasteiger partial charge in [-0.15, -0.1) is 11.3 Å². The maximum absolute atomic E-state index is 5.18. The Morgan fingerprint density at radius 3 is 2.62 bits per heavy atom. The molecule has 1 rings (SSSR count). The highest BCUT2D eigenvalue weighted by atomic mass is 32.1. The highest BCUT2D eigenvalue weighted by Crippen LogP contribution is 2.35. The Labute approximate surface area is 84.7 Å². The summed E-state index contributed by atoms with van der Waals surface area (Å²) in [6, 6.07) is 2.15. The molecule has 0 atom stereocenters. The fourth-order valence-electron chi connectivity index (χ4n) is 1.53. The minimum atomic E-state index is 0.302. The molecule has 0 spiro atoms. The number of methoxy groups -OCH3 is 1. The highest BCUT2D eigenvalue weighted by molar-refractivity contribution is 7.10. The zero-order valence-corrected chi connectivity index (χ0v) is 9.70. The summed E-state index contributed by atoms with van der Waals surface area (Å²) in [6.45, 7) is 6.82. The molecule has 1 nitrogen and oxygen atoms in total. The molecule has 0 aliphatic carbocycles. The highest BCUT2D eigenvalue weighted by Gasteiger charge is 2.21. The first-order valence-corrected chi connectivity index (χ1v) is 5.61. The summed E-state index contributed by atoms with van der Waals surface area (Å²) in [7, 11) is 1.72. The summed E-state index contributed by atoms with van der Waals surface area (Å²) in [6.07, 6.45) is 2.46. The molecule has 0 N–H and O–H groups in total. The smallest absolute Gasteiger partial charge is 0.129 e. The maximum Gasteiger partial charge on any atom is 0.129 e. The van der Waals surface area contributed by atoms with Crippen molar-refractivity contribution in [3.63, 3.8) is 0 Å². The van der Waals surface area contributed by atoms with Gasteiger partial charge in [0.2, 0.25) is 0 Å².